The van der Waals surface area contributed by atoms with Gasteiger partial charge in [-0.3, -0.25) is 4.79 Å². The largest absolute Gasteiger partial charge is 0.383 e. The smallest absolute Gasteiger partial charge is 0.233 e. The number of hydrogen-bond acceptors (Lipinski definition) is 3. The summed E-state index contributed by atoms with van der Waals surface area (Å²) >= 11 is 0. The number of rotatable bonds is 6. The topological polar surface area (TPSA) is 50.4 Å². The van der Waals surface area contributed by atoms with Crippen molar-refractivity contribution < 1.29 is 9.53 Å². The lowest BCUT2D eigenvalue weighted by Gasteiger charge is -2.11. The summed E-state index contributed by atoms with van der Waals surface area (Å²) in [4.78, 5) is 10.9. The Hall–Kier alpha value is -0.610. The zero-order valence-corrected chi connectivity index (χ0v) is 8.02. The van der Waals surface area contributed by atoms with E-state index < -0.39 is 0 Å². The molecule has 12 heavy (non-hydrogen) atoms. The first-order valence-electron chi connectivity index (χ1n) is 4.19. The summed E-state index contributed by atoms with van der Waals surface area (Å²) in [6, 6.07) is 0.220. The quantitative estimate of drug-likeness (QED) is 0.583. The maximum Gasteiger partial charge on any atom is 0.233 e. The molecule has 0 rings (SSSR count). The van der Waals surface area contributed by atoms with Crippen molar-refractivity contribution in [2.24, 2.45) is 0 Å². The van der Waals surface area contributed by atoms with Crippen LogP contribution in [0, 0.1) is 0 Å². The first-order valence-corrected chi connectivity index (χ1v) is 4.19. The lowest BCUT2D eigenvalue weighted by atomic mass is 10.3. The van der Waals surface area contributed by atoms with Crippen LogP contribution < -0.4 is 10.6 Å². The number of carbonyl (C=O) groups is 1. The summed E-state index contributed by atoms with van der Waals surface area (Å²) in [6.45, 7) is 5.54. The maximum atomic E-state index is 10.9. The Morgan fingerprint density at radius 2 is 2.25 bits per heavy atom. The maximum absolute atomic E-state index is 10.9. The van der Waals surface area contributed by atoms with Crippen molar-refractivity contribution in [3.05, 3.63) is 0 Å². The van der Waals surface area contributed by atoms with Gasteiger partial charge in [-0.15, -0.1) is 0 Å². The SMILES string of the molecule is CCNC(=O)CNC(C)COC. The Bertz CT molecular complexity index is 128. The second kappa shape index (κ2) is 7.06. The summed E-state index contributed by atoms with van der Waals surface area (Å²) in [5, 5.41) is 5.73. The van der Waals surface area contributed by atoms with Gasteiger partial charge in [0, 0.05) is 19.7 Å². The minimum Gasteiger partial charge on any atom is -0.383 e. The minimum absolute atomic E-state index is 0.0282. The Morgan fingerprint density at radius 3 is 2.75 bits per heavy atom. The lowest BCUT2D eigenvalue weighted by Crippen LogP contribution is -2.39. The van der Waals surface area contributed by atoms with Gasteiger partial charge in [-0.1, -0.05) is 0 Å². The van der Waals surface area contributed by atoms with Gasteiger partial charge in [0.2, 0.25) is 5.91 Å². The number of amides is 1. The standard InChI is InChI=1S/C8H18N2O2/c1-4-9-8(11)5-10-7(2)6-12-3/h7,10H,4-6H2,1-3H3,(H,9,11). The van der Waals surface area contributed by atoms with E-state index in [-0.39, 0.29) is 11.9 Å². The summed E-state index contributed by atoms with van der Waals surface area (Å²) in [7, 11) is 1.64. The van der Waals surface area contributed by atoms with Gasteiger partial charge < -0.3 is 15.4 Å². The predicted molar refractivity (Wildman–Crippen MR) is 48.0 cm³/mol. The molecule has 72 valence electrons. The van der Waals surface area contributed by atoms with Crippen molar-refractivity contribution in [1.82, 2.24) is 10.6 Å². The van der Waals surface area contributed by atoms with Gasteiger partial charge in [0.15, 0.2) is 0 Å². The number of carbonyl (C=O) groups excluding carboxylic acids is 1. The van der Waals surface area contributed by atoms with Gasteiger partial charge in [0.05, 0.1) is 13.2 Å². The van der Waals surface area contributed by atoms with E-state index in [9.17, 15) is 4.79 Å². The van der Waals surface area contributed by atoms with E-state index in [1.165, 1.54) is 0 Å². The molecule has 0 bridgehead atoms. The summed E-state index contributed by atoms with van der Waals surface area (Å²) in [6.07, 6.45) is 0. The third-order valence-electron chi connectivity index (χ3n) is 1.40. The molecule has 0 radical (unpaired) electrons. The van der Waals surface area contributed by atoms with E-state index in [2.05, 4.69) is 10.6 Å². The second-order valence-corrected chi connectivity index (χ2v) is 2.69. The van der Waals surface area contributed by atoms with Crippen LogP contribution in [0.2, 0.25) is 0 Å². The third-order valence-corrected chi connectivity index (χ3v) is 1.40. The molecule has 1 atom stereocenters. The Kier molecular flexibility index (Phi) is 6.70. The van der Waals surface area contributed by atoms with Gasteiger partial charge in [0.1, 0.15) is 0 Å². The number of methoxy groups -OCH3 is 1. The highest BCUT2D eigenvalue weighted by molar-refractivity contribution is 5.77. The Balaban J connectivity index is 3.33. The fourth-order valence-corrected chi connectivity index (χ4v) is 0.836. The average molecular weight is 174 g/mol. The Labute approximate surface area is 73.7 Å². The normalized spacial score (nSPS) is 12.6. The van der Waals surface area contributed by atoms with Crippen LogP contribution in [0.15, 0.2) is 0 Å². The fourth-order valence-electron chi connectivity index (χ4n) is 0.836. The van der Waals surface area contributed by atoms with Crippen LogP contribution in [0.3, 0.4) is 0 Å². The second-order valence-electron chi connectivity index (χ2n) is 2.69. The van der Waals surface area contributed by atoms with Crippen molar-refractivity contribution in [2.75, 3.05) is 26.8 Å². The molecule has 4 heteroatoms. The predicted octanol–water partition coefficient (Wildman–Crippen LogP) is -0.253. The van der Waals surface area contributed by atoms with E-state index in [1.54, 1.807) is 7.11 Å². The average Bonchev–Trinajstić information content (AvgIpc) is 2.02. The molecule has 0 saturated heterocycles. The fraction of sp³-hybridized carbons (Fsp3) is 0.875. The molecule has 4 nitrogen and oxygen atoms in total. The first kappa shape index (κ1) is 11.4. The number of ether oxygens (including phenoxy) is 1. The van der Waals surface area contributed by atoms with Gasteiger partial charge in [-0.2, -0.15) is 0 Å². The molecule has 1 amide bonds. The van der Waals surface area contributed by atoms with Crippen LogP contribution in [0.1, 0.15) is 13.8 Å². The molecule has 0 aromatic rings. The number of likely N-dealkylation sites (N-methyl/N-ethyl adjacent to an activating group) is 1. The molecule has 0 aromatic heterocycles. The number of hydrogen-bond donors (Lipinski definition) is 2. The molecule has 0 heterocycles. The highest BCUT2D eigenvalue weighted by Crippen LogP contribution is 1.80. The van der Waals surface area contributed by atoms with E-state index in [0.29, 0.717) is 19.7 Å². The summed E-state index contributed by atoms with van der Waals surface area (Å²) in [5.41, 5.74) is 0. The molecule has 0 aliphatic carbocycles. The molecule has 2 N–H and O–H groups in total. The van der Waals surface area contributed by atoms with Gasteiger partial charge in [0.25, 0.3) is 0 Å². The highest BCUT2D eigenvalue weighted by atomic mass is 16.5. The molecular weight excluding hydrogens is 156 g/mol. The monoisotopic (exact) mass is 174 g/mol. The molecule has 1 unspecified atom stereocenters. The minimum atomic E-state index is 0.0282. The van der Waals surface area contributed by atoms with Crippen molar-refractivity contribution in [2.45, 2.75) is 19.9 Å². The van der Waals surface area contributed by atoms with Crippen LogP contribution in [-0.4, -0.2) is 38.8 Å². The van der Waals surface area contributed by atoms with Crippen LogP contribution in [0.4, 0.5) is 0 Å². The highest BCUT2D eigenvalue weighted by Gasteiger charge is 2.02. The summed E-state index contributed by atoms with van der Waals surface area (Å²) < 4.78 is 4.90. The van der Waals surface area contributed by atoms with Gasteiger partial charge in [-0.25, -0.2) is 0 Å². The van der Waals surface area contributed by atoms with E-state index in [1.807, 2.05) is 13.8 Å². The van der Waals surface area contributed by atoms with Gasteiger partial charge >= 0.3 is 0 Å². The van der Waals surface area contributed by atoms with Crippen LogP contribution in [0.5, 0.6) is 0 Å². The molecule has 0 fully saturated rings. The molecule has 0 aliphatic heterocycles. The number of nitrogens with one attached hydrogen (secondary N) is 2. The summed E-state index contributed by atoms with van der Waals surface area (Å²) in [5.74, 6) is 0.0282. The van der Waals surface area contributed by atoms with Crippen LogP contribution >= 0.6 is 0 Å². The van der Waals surface area contributed by atoms with E-state index >= 15 is 0 Å². The van der Waals surface area contributed by atoms with E-state index in [4.69, 9.17) is 4.74 Å². The zero-order valence-electron chi connectivity index (χ0n) is 8.02. The molecular formula is C8H18N2O2. The van der Waals surface area contributed by atoms with Crippen LogP contribution in [0.25, 0.3) is 0 Å². The van der Waals surface area contributed by atoms with E-state index in [0.717, 1.165) is 0 Å². The van der Waals surface area contributed by atoms with Crippen molar-refractivity contribution in [3.63, 3.8) is 0 Å². The zero-order chi connectivity index (χ0) is 9.40. The molecule has 0 spiro atoms. The first-order chi connectivity index (χ1) is 5.70. The molecule has 0 aromatic carbocycles. The van der Waals surface area contributed by atoms with Crippen molar-refractivity contribution in [3.8, 4) is 0 Å². The lowest BCUT2D eigenvalue weighted by molar-refractivity contribution is -0.120. The Morgan fingerprint density at radius 1 is 1.58 bits per heavy atom. The molecule has 0 saturated carbocycles. The van der Waals surface area contributed by atoms with Crippen LogP contribution in [-0.2, 0) is 9.53 Å². The molecule has 0 aliphatic rings. The van der Waals surface area contributed by atoms with Crippen molar-refractivity contribution >= 4 is 5.91 Å². The van der Waals surface area contributed by atoms with Gasteiger partial charge in [-0.05, 0) is 13.8 Å². The third kappa shape index (κ3) is 6.12. The van der Waals surface area contributed by atoms with Crippen molar-refractivity contribution in [1.29, 1.82) is 0 Å².